The van der Waals surface area contributed by atoms with Crippen molar-refractivity contribution in [2.45, 2.75) is 27.6 Å². The molecule has 2 nitrogen and oxygen atoms in total. The van der Waals surface area contributed by atoms with Gasteiger partial charge in [0.1, 0.15) is 5.52 Å². The lowest BCUT2D eigenvalue weighted by molar-refractivity contribution is 0.587. The first-order valence-corrected chi connectivity index (χ1v) is 5.55. The summed E-state index contributed by atoms with van der Waals surface area (Å²) in [7, 11) is 1.84. The van der Waals surface area contributed by atoms with Crippen molar-refractivity contribution < 1.29 is 8.81 Å². The smallest absolute Gasteiger partial charge is 0.167 e. The first-order valence-electron chi connectivity index (χ1n) is 5.17. The topological polar surface area (TPSA) is 26.0 Å². The molecule has 5 heteroatoms. The molecule has 2 heterocycles. The molecule has 0 saturated heterocycles. The van der Waals surface area contributed by atoms with Crippen LogP contribution in [0.4, 0.5) is 4.39 Å². The standard InChI is InChI=1S/C9H7BClFNO.C2H6/c1-4-6(12)9(11)13-7-5(10-2)3-14-8(4)7;1-2/h3H,1-2H3;1-2H3. The van der Waals surface area contributed by atoms with Gasteiger partial charge in [0, 0.05) is 5.56 Å². The zero-order valence-corrected chi connectivity index (χ0v) is 10.5. The van der Waals surface area contributed by atoms with E-state index in [1.54, 1.807) is 13.2 Å². The summed E-state index contributed by atoms with van der Waals surface area (Å²) < 4.78 is 18.5. The van der Waals surface area contributed by atoms with Crippen molar-refractivity contribution in [1.82, 2.24) is 4.98 Å². The second-order valence-electron chi connectivity index (χ2n) is 3.00. The van der Waals surface area contributed by atoms with Gasteiger partial charge in [0.25, 0.3) is 0 Å². The highest BCUT2D eigenvalue weighted by Crippen LogP contribution is 2.23. The summed E-state index contributed by atoms with van der Waals surface area (Å²) in [6.45, 7) is 7.48. The summed E-state index contributed by atoms with van der Waals surface area (Å²) in [5, 5.41) is -0.112. The third-order valence-corrected chi connectivity index (χ3v) is 2.41. The highest BCUT2D eigenvalue weighted by molar-refractivity contribution is 6.55. The van der Waals surface area contributed by atoms with Gasteiger partial charge in [0.2, 0.25) is 0 Å². The maximum atomic E-state index is 13.3. The minimum atomic E-state index is -0.517. The van der Waals surface area contributed by atoms with Crippen molar-refractivity contribution >= 4 is 35.4 Å². The van der Waals surface area contributed by atoms with Gasteiger partial charge < -0.3 is 4.42 Å². The summed E-state index contributed by atoms with van der Waals surface area (Å²) >= 11 is 5.64. The van der Waals surface area contributed by atoms with E-state index in [1.807, 2.05) is 28.0 Å². The van der Waals surface area contributed by atoms with Crippen LogP contribution in [-0.4, -0.2) is 12.3 Å². The van der Waals surface area contributed by atoms with Crippen LogP contribution in [0.15, 0.2) is 10.7 Å². The average molecular weight is 240 g/mol. The van der Waals surface area contributed by atoms with E-state index in [0.29, 0.717) is 16.7 Å². The van der Waals surface area contributed by atoms with Crippen molar-refractivity contribution in [3.63, 3.8) is 0 Å². The molecular weight excluding hydrogens is 227 g/mol. The third-order valence-electron chi connectivity index (χ3n) is 2.16. The van der Waals surface area contributed by atoms with Crippen LogP contribution in [0.5, 0.6) is 0 Å². The molecule has 2 rings (SSSR count). The summed E-state index contributed by atoms with van der Waals surface area (Å²) in [6, 6.07) is 0. The maximum absolute atomic E-state index is 13.3. The molecule has 0 bridgehead atoms. The zero-order valence-electron chi connectivity index (χ0n) is 9.77. The minimum Gasteiger partial charge on any atom is -0.463 e. The molecule has 2 aromatic heterocycles. The number of fused-ring (bicyclic) bond motifs is 1. The second kappa shape index (κ2) is 5.35. The van der Waals surface area contributed by atoms with E-state index >= 15 is 0 Å². The van der Waals surface area contributed by atoms with E-state index in [-0.39, 0.29) is 5.15 Å². The van der Waals surface area contributed by atoms with Crippen LogP contribution in [0.3, 0.4) is 0 Å². The normalized spacial score (nSPS) is 9.88. The molecule has 0 aromatic carbocycles. The fourth-order valence-electron chi connectivity index (χ4n) is 1.35. The first kappa shape index (κ1) is 13.0. The third kappa shape index (κ3) is 2.07. The molecule has 0 fully saturated rings. The Morgan fingerprint density at radius 3 is 2.62 bits per heavy atom. The molecule has 85 valence electrons. The molecule has 0 unspecified atom stereocenters. The number of pyridine rings is 1. The van der Waals surface area contributed by atoms with Gasteiger partial charge in [-0.15, -0.1) is 0 Å². The van der Waals surface area contributed by atoms with E-state index in [2.05, 4.69) is 4.98 Å². The van der Waals surface area contributed by atoms with Crippen LogP contribution in [0, 0.1) is 12.7 Å². The highest BCUT2D eigenvalue weighted by Gasteiger charge is 2.15. The van der Waals surface area contributed by atoms with E-state index in [9.17, 15) is 4.39 Å². The Balaban J connectivity index is 0.000000606. The van der Waals surface area contributed by atoms with Crippen LogP contribution in [0.2, 0.25) is 12.0 Å². The molecular formula is C11H13BClFNO. The number of aryl methyl sites for hydroxylation is 1. The first-order chi connectivity index (χ1) is 7.65. The van der Waals surface area contributed by atoms with Crippen molar-refractivity contribution in [2.75, 3.05) is 0 Å². The number of furan rings is 1. The molecule has 0 atom stereocenters. The predicted molar refractivity (Wildman–Crippen MR) is 66.3 cm³/mol. The molecule has 1 radical (unpaired) electrons. The number of nitrogens with zero attached hydrogens (tertiary/aromatic N) is 1. The highest BCUT2D eigenvalue weighted by atomic mass is 35.5. The van der Waals surface area contributed by atoms with Gasteiger partial charge in [0.15, 0.2) is 23.8 Å². The van der Waals surface area contributed by atoms with Crippen molar-refractivity contribution in [3.05, 3.63) is 22.8 Å². The fourth-order valence-corrected chi connectivity index (χ4v) is 1.58. The van der Waals surface area contributed by atoms with Gasteiger partial charge in [0.05, 0.1) is 6.26 Å². The van der Waals surface area contributed by atoms with Crippen LogP contribution in [0.25, 0.3) is 11.1 Å². The quantitative estimate of drug-likeness (QED) is 0.564. The number of aromatic nitrogens is 1. The average Bonchev–Trinajstić information content (AvgIpc) is 2.71. The molecule has 0 saturated carbocycles. The molecule has 0 aliphatic carbocycles. The summed E-state index contributed by atoms with van der Waals surface area (Å²) in [5.74, 6) is -0.517. The van der Waals surface area contributed by atoms with Gasteiger partial charge in [-0.25, -0.2) is 9.37 Å². The number of rotatable bonds is 1. The number of hydrogen-bond acceptors (Lipinski definition) is 2. The molecule has 2 aromatic rings. The Labute approximate surface area is 100 Å². The van der Waals surface area contributed by atoms with Gasteiger partial charge in [-0.3, -0.25) is 0 Å². The Morgan fingerprint density at radius 1 is 1.44 bits per heavy atom. The lowest BCUT2D eigenvalue weighted by Gasteiger charge is -1.99. The Bertz CT molecular complexity index is 498. The largest absolute Gasteiger partial charge is 0.463 e. The van der Waals surface area contributed by atoms with Gasteiger partial charge in [-0.1, -0.05) is 32.3 Å². The van der Waals surface area contributed by atoms with Crippen molar-refractivity contribution in [3.8, 4) is 0 Å². The molecule has 0 amide bonds. The fraction of sp³-hybridized carbons (Fsp3) is 0.364. The van der Waals surface area contributed by atoms with E-state index in [4.69, 9.17) is 16.0 Å². The van der Waals surface area contributed by atoms with Crippen LogP contribution < -0.4 is 5.46 Å². The predicted octanol–water partition coefficient (Wildman–Crippen LogP) is 3.33. The zero-order chi connectivity index (χ0) is 12.3. The van der Waals surface area contributed by atoms with E-state index in [1.165, 1.54) is 0 Å². The number of hydrogen-bond donors (Lipinski definition) is 0. The lowest BCUT2D eigenvalue weighted by atomic mass is 9.74. The summed E-state index contributed by atoms with van der Waals surface area (Å²) in [4.78, 5) is 3.93. The maximum Gasteiger partial charge on any atom is 0.167 e. The van der Waals surface area contributed by atoms with Gasteiger partial charge in [-0.2, -0.15) is 0 Å². The monoisotopic (exact) mass is 240 g/mol. The van der Waals surface area contributed by atoms with Gasteiger partial charge >= 0.3 is 0 Å². The molecule has 0 spiro atoms. The minimum absolute atomic E-state index is 0.112. The Kier molecular flexibility index (Phi) is 4.36. The summed E-state index contributed by atoms with van der Waals surface area (Å²) in [5.41, 5.74) is 2.29. The summed E-state index contributed by atoms with van der Waals surface area (Å²) in [6.07, 6.45) is 1.54. The van der Waals surface area contributed by atoms with Crippen LogP contribution in [0.1, 0.15) is 19.4 Å². The van der Waals surface area contributed by atoms with Crippen LogP contribution >= 0.6 is 11.6 Å². The van der Waals surface area contributed by atoms with E-state index < -0.39 is 5.82 Å². The lowest BCUT2D eigenvalue weighted by Crippen LogP contribution is -2.09. The molecule has 0 aliphatic heterocycles. The number of halogens is 2. The molecule has 0 N–H and O–H groups in total. The Hall–Kier alpha value is -1.03. The van der Waals surface area contributed by atoms with Crippen LogP contribution in [-0.2, 0) is 0 Å². The SMILES string of the molecule is CC.C[B]c1coc2c(C)c(F)c(Cl)nc12. The van der Waals surface area contributed by atoms with E-state index in [0.717, 1.165) is 5.46 Å². The molecule has 0 aliphatic rings. The van der Waals surface area contributed by atoms with Gasteiger partial charge in [-0.05, 0) is 12.4 Å². The van der Waals surface area contributed by atoms with Crippen molar-refractivity contribution in [2.24, 2.45) is 0 Å². The Morgan fingerprint density at radius 2 is 2.06 bits per heavy atom. The van der Waals surface area contributed by atoms with Crippen molar-refractivity contribution in [1.29, 1.82) is 0 Å². The second-order valence-corrected chi connectivity index (χ2v) is 3.36. The molecule has 16 heavy (non-hydrogen) atoms.